The Kier molecular flexibility index (Phi) is 5.51. The van der Waals surface area contributed by atoms with Crippen LogP contribution in [0.3, 0.4) is 0 Å². The van der Waals surface area contributed by atoms with Crippen LogP contribution in [0.5, 0.6) is 0 Å². The highest BCUT2D eigenvalue weighted by molar-refractivity contribution is 7.99. The Morgan fingerprint density at radius 1 is 1.33 bits per heavy atom. The van der Waals surface area contributed by atoms with E-state index in [0.29, 0.717) is 6.07 Å². The minimum Gasteiger partial charge on any atom is -0.323 e. The molecule has 0 aliphatic rings. The first-order valence-corrected chi connectivity index (χ1v) is 9.50. The molecule has 0 spiro atoms. The van der Waals surface area contributed by atoms with E-state index in [4.69, 9.17) is 9.79 Å². The Balaban J connectivity index is 3.43. The normalized spacial score (nSPS) is 13.4. The number of hydrogen-bond donors (Lipinski definition) is 2. The first-order chi connectivity index (χ1) is 9.38. The van der Waals surface area contributed by atoms with Gasteiger partial charge in [0.2, 0.25) is 0 Å². The molecule has 0 heterocycles. The minimum absolute atomic E-state index is 0.240. The van der Waals surface area contributed by atoms with Crippen LogP contribution in [-0.4, -0.2) is 30.8 Å². The van der Waals surface area contributed by atoms with Crippen molar-refractivity contribution >= 4 is 29.5 Å². The molecule has 0 radical (unpaired) electrons. The molecule has 0 saturated carbocycles. The second-order valence-corrected chi connectivity index (χ2v) is 7.69. The van der Waals surface area contributed by atoms with Crippen LogP contribution in [0, 0.1) is 0 Å². The largest absolute Gasteiger partial charge is 0.417 e. The summed E-state index contributed by atoms with van der Waals surface area (Å²) in [6.45, 7) is 0. The van der Waals surface area contributed by atoms with Crippen molar-refractivity contribution in [3.8, 4) is 0 Å². The Morgan fingerprint density at radius 3 is 2.33 bits per heavy atom. The first kappa shape index (κ1) is 18.5. The van der Waals surface area contributed by atoms with Gasteiger partial charge < -0.3 is 9.79 Å². The van der Waals surface area contributed by atoms with Crippen molar-refractivity contribution in [3.05, 3.63) is 23.8 Å². The van der Waals surface area contributed by atoms with Gasteiger partial charge in [-0.15, -0.1) is 11.8 Å². The highest BCUT2D eigenvalue weighted by Gasteiger charge is 2.39. The van der Waals surface area contributed by atoms with Crippen molar-refractivity contribution in [2.45, 2.75) is 16.0 Å². The Labute approximate surface area is 122 Å². The average Bonchev–Trinajstić information content (AvgIpc) is 2.33. The number of thioether (sulfide) groups is 1. The molecule has 2 N–H and O–H groups in total. The van der Waals surface area contributed by atoms with Gasteiger partial charge in [-0.2, -0.15) is 21.6 Å². The molecule has 0 aromatic heterocycles. The summed E-state index contributed by atoms with van der Waals surface area (Å²) in [5, 5.41) is 0. The van der Waals surface area contributed by atoms with Crippen LogP contribution in [0.25, 0.3) is 0 Å². The van der Waals surface area contributed by atoms with E-state index < -0.39 is 40.7 Å². The van der Waals surface area contributed by atoms with E-state index in [0.717, 1.165) is 23.9 Å². The second-order valence-electron chi connectivity index (χ2n) is 3.70. The number of hydrogen-bond acceptors (Lipinski definition) is 5. The summed E-state index contributed by atoms with van der Waals surface area (Å²) in [6.07, 6.45) is -5.13. The molecular formula is C9H10F3O6PS2. The smallest absolute Gasteiger partial charge is 0.323 e. The molecule has 1 rings (SSSR count). The van der Waals surface area contributed by atoms with Crippen molar-refractivity contribution in [1.82, 2.24) is 0 Å². The maximum Gasteiger partial charge on any atom is 0.417 e. The molecular weight excluding hydrogens is 356 g/mol. The van der Waals surface area contributed by atoms with Crippen LogP contribution in [0.1, 0.15) is 5.56 Å². The molecule has 0 amide bonds. The number of halogens is 3. The van der Waals surface area contributed by atoms with E-state index in [1.165, 1.54) is 6.26 Å². The molecule has 1 aromatic rings. The predicted octanol–water partition coefficient (Wildman–Crippen LogP) is 2.27. The van der Waals surface area contributed by atoms with Gasteiger partial charge in [-0.25, -0.2) is 0 Å². The standard InChI is InChI=1S/C9H10F3O6PS2/c1-20-7-4-2-3-6(9(10,11)12)8(7)21(16,17)18-5-19(13,14)15/h2-4H,5H2,1H3,(H2,13,14,15). The lowest BCUT2D eigenvalue weighted by Crippen LogP contribution is -2.17. The molecule has 1 aromatic carbocycles. The van der Waals surface area contributed by atoms with Gasteiger partial charge in [-0.05, 0) is 18.4 Å². The topological polar surface area (TPSA) is 101 Å². The first-order valence-electron chi connectivity index (χ1n) is 5.06. The zero-order chi connectivity index (χ0) is 16.5. The van der Waals surface area contributed by atoms with Gasteiger partial charge in [-0.3, -0.25) is 8.75 Å². The van der Waals surface area contributed by atoms with Gasteiger partial charge in [0, 0.05) is 4.90 Å². The fourth-order valence-electron chi connectivity index (χ4n) is 1.35. The molecule has 0 atom stereocenters. The summed E-state index contributed by atoms with van der Waals surface area (Å²) < 4.78 is 77.0. The summed E-state index contributed by atoms with van der Waals surface area (Å²) in [5.74, 6) is 0. The fraction of sp³-hybridized carbons (Fsp3) is 0.333. The zero-order valence-electron chi connectivity index (χ0n) is 10.4. The summed E-state index contributed by atoms with van der Waals surface area (Å²) in [4.78, 5) is 15.8. The van der Waals surface area contributed by atoms with E-state index in [1.54, 1.807) is 0 Å². The summed E-state index contributed by atoms with van der Waals surface area (Å²) >= 11 is 0.733. The molecule has 6 nitrogen and oxygen atoms in total. The Bertz CT molecular complexity index is 667. The third kappa shape index (κ3) is 4.97. The van der Waals surface area contributed by atoms with Crippen LogP contribution in [0.2, 0.25) is 0 Å². The quantitative estimate of drug-likeness (QED) is 0.468. The lowest BCUT2D eigenvalue weighted by atomic mass is 10.2. The van der Waals surface area contributed by atoms with Gasteiger partial charge in [0.1, 0.15) is 4.90 Å². The molecule has 0 fully saturated rings. The maximum absolute atomic E-state index is 12.9. The van der Waals surface area contributed by atoms with Gasteiger partial charge in [-0.1, -0.05) is 6.07 Å². The van der Waals surface area contributed by atoms with E-state index in [-0.39, 0.29) is 4.90 Å². The molecule has 0 saturated heterocycles. The van der Waals surface area contributed by atoms with Crippen LogP contribution < -0.4 is 0 Å². The van der Waals surface area contributed by atoms with Crippen LogP contribution in [0.15, 0.2) is 28.0 Å². The third-order valence-electron chi connectivity index (χ3n) is 2.13. The van der Waals surface area contributed by atoms with Gasteiger partial charge >= 0.3 is 13.8 Å². The molecule has 0 unspecified atom stereocenters. The second kappa shape index (κ2) is 6.27. The summed E-state index contributed by atoms with van der Waals surface area (Å²) in [6, 6.07) is 2.71. The van der Waals surface area contributed by atoms with Crippen LogP contribution >= 0.6 is 19.4 Å². The lowest BCUT2D eigenvalue weighted by molar-refractivity contribution is -0.140. The molecule has 0 bridgehead atoms. The number of rotatable bonds is 5. The van der Waals surface area contributed by atoms with E-state index in [9.17, 15) is 26.2 Å². The van der Waals surface area contributed by atoms with Crippen LogP contribution in [-0.2, 0) is 25.0 Å². The molecule has 21 heavy (non-hydrogen) atoms. The van der Waals surface area contributed by atoms with Gasteiger partial charge in [0.05, 0.1) is 5.56 Å². The third-order valence-corrected chi connectivity index (χ3v) is 5.05. The van der Waals surface area contributed by atoms with E-state index >= 15 is 0 Å². The monoisotopic (exact) mass is 366 g/mol. The lowest BCUT2D eigenvalue weighted by Gasteiger charge is -2.16. The van der Waals surface area contributed by atoms with Crippen LogP contribution in [0.4, 0.5) is 13.2 Å². The Hall–Kier alpha value is -0.580. The molecule has 120 valence electrons. The summed E-state index contributed by atoms with van der Waals surface area (Å²) in [5.41, 5.74) is -1.46. The minimum atomic E-state index is -4.98. The number of alkyl halides is 3. The fourth-order valence-corrected chi connectivity index (χ4v) is 4.41. The zero-order valence-corrected chi connectivity index (χ0v) is 12.9. The average molecular weight is 366 g/mol. The van der Waals surface area contributed by atoms with Crippen molar-refractivity contribution in [2.75, 3.05) is 12.6 Å². The molecule has 12 heteroatoms. The number of benzene rings is 1. The Morgan fingerprint density at radius 2 is 1.90 bits per heavy atom. The van der Waals surface area contributed by atoms with E-state index in [2.05, 4.69) is 4.18 Å². The van der Waals surface area contributed by atoms with Gasteiger partial charge in [0.25, 0.3) is 10.1 Å². The van der Waals surface area contributed by atoms with Crippen molar-refractivity contribution in [2.24, 2.45) is 0 Å². The van der Waals surface area contributed by atoms with E-state index in [1.807, 2.05) is 0 Å². The van der Waals surface area contributed by atoms with Crippen molar-refractivity contribution < 1.29 is 40.1 Å². The SMILES string of the molecule is CSc1cccc(C(F)(F)F)c1S(=O)(=O)OCP(=O)(O)O. The highest BCUT2D eigenvalue weighted by Crippen LogP contribution is 2.41. The van der Waals surface area contributed by atoms with Crippen molar-refractivity contribution in [1.29, 1.82) is 0 Å². The highest BCUT2D eigenvalue weighted by atomic mass is 32.2. The molecule has 0 aliphatic heterocycles. The molecule has 0 aliphatic carbocycles. The summed E-state index contributed by atoms with van der Waals surface area (Å²) in [7, 11) is -9.83. The maximum atomic E-state index is 12.9. The van der Waals surface area contributed by atoms with Gasteiger partial charge in [0.15, 0.2) is 6.35 Å². The predicted molar refractivity (Wildman–Crippen MR) is 68.4 cm³/mol. The van der Waals surface area contributed by atoms with Crippen molar-refractivity contribution in [3.63, 3.8) is 0 Å².